The minimum atomic E-state index is 0.763. The van der Waals surface area contributed by atoms with Crippen LogP contribution in [-0.4, -0.2) is 4.57 Å². The first kappa shape index (κ1) is 30.1. The number of para-hydroxylation sites is 3. The summed E-state index contributed by atoms with van der Waals surface area (Å²) in [6, 6.07) is 67.2. The highest BCUT2D eigenvalue weighted by Crippen LogP contribution is 2.51. The Morgan fingerprint density at radius 1 is 0.309 bits per heavy atom. The number of rotatable bonds is 4. The summed E-state index contributed by atoms with van der Waals surface area (Å²) in [5, 5.41) is 10.4. The Kier molecular flexibility index (Phi) is 6.34. The van der Waals surface area contributed by atoms with Gasteiger partial charge in [-0.05, 0) is 75.1 Å². The van der Waals surface area contributed by atoms with Gasteiger partial charge in [0.05, 0.1) is 11.0 Å². The fourth-order valence-electron chi connectivity index (χ4n) is 9.07. The molecule has 3 nitrogen and oxygen atoms in total. The first-order valence-electron chi connectivity index (χ1n) is 18.8. The molecule has 0 radical (unpaired) electrons. The summed E-state index contributed by atoms with van der Waals surface area (Å²) in [7, 11) is 0. The van der Waals surface area contributed by atoms with Crippen LogP contribution in [0.1, 0.15) is 0 Å². The third kappa shape index (κ3) is 4.32. The molecular weight excluding hydrogens is 671 g/mol. The van der Waals surface area contributed by atoms with Gasteiger partial charge in [0.2, 0.25) is 0 Å². The van der Waals surface area contributed by atoms with Crippen molar-refractivity contribution in [2.24, 2.45) is 0 Å². The number of nitrogens with zero attached hydrogens (tertiary/aromatic N) is 1. The Morgan fingerprint density at radius 3 is 1.56 bits per heavy atom. The normalized spacial score (nSPS) is 12.0. The van der Waals surface area contributed by atoms with Crippen LogP contribution in [0.5, 0.6) is 0 Å². The molecule has 0 aliphatic rings. The molecule has 0 atom stereocenters. The van der Waals surface area contributed by atoms with Crippen LogP contribution >= 0.6 is 0 Å². The van der Waals surface area contributed by atoms with Gasteiger partial charge in [-0.15, -0.1) is 0 Å². The molecule has 3 heteroatoms. The second-order valence-corrected chi connectivity index (χ2v) is 14.4. The lowest BCUT2D eigenvalue weighted by Crippen LogP contribution is -1.94. The zero-order valence-electron chi connectivity index (χ0n) is 29.7. The van der Waals surface area contributed by atoms with Gasteiger partial charge in [-0.2, -0.15) is 0 Å². The zero-order valence-corrected chi connectivity index (χ0v) is 29.7. The predicted molar refractivity (Wildman–Crippen MR) is 229 cm³/mol. The summed E-state index contributed by atoms with van der Waals surface area (Å²) in [6.07, 6.45) is 0. The molecule has 55 heavy (non-hydrogen) atoms. The predicted octanol–water partition coefficient (Wildman–Crippen LogP) is 14.7. The van der Waals surface area contributed by atoms with Crippen LogP contribution in [0.3, 0.4) is 0 Å². The van der Waals surface area contributed by atoms with Crippen molar-refractivity contribution < 1.29 is 8.83 Å². The highest BCUT2D eigenvalue weighted by atomic mass is 16.4. The monoisotopic (exact) mass is 701 g/mol. The quantitative estimate of drug-likeness (QED) is 0.171. The summed E-state index contributed by atoms with van der Waals surface area (Å²) >= 11 is 0. The van der Waals surface area contributed by atoms with Gasteiger partial charge in [0.25, 0.3) is 0 Å². The molecule has 0 saturated carbocycles. The van der Waals surface area contributed by atoms with Crippen molar-refractivity contribution in [1.29, 1.82) is 0 Å². The van der Waals surface area contributed by atoms with Crippen molar-refractivity contribution in [3.8, 4) is 39.3 Å². The van der Waals surface area contributed by atoms with Crippen molar-refractivity contribution in [3.63, 3.8) is 0 Å². The second kappa shape index (κ2) is 11.6. The zero-order chi connectivity index (χ0) is 36.0. The summed E-state index contributed by atoms with van der Waals surface area (Å²) in [5.74, 6) is 0.834. The van der Waals surface area contributed by atoms with E-state index in [2.05, 4.69) is 180 Å². The first-order chi connectivity index (χ1) is 27.3. The van der Waals surface area contributed by atoms with Crippen LogP contribution in [0.4, 0.5) is 0 Å². The lowest BCUT2D eigenvalue weighted by molar-refractivity contribution is 0.612. The van der Waals surface area contributed by atoms with Crippen LogP contribution in [-0.2, 0) is 0 Å². The number of benzene rings is 9. The minimum absolute atomic E-state index is 0.763. The van der Waals surface area contributed by atoms with Gasteiger partial charge in [0, 0.05) is 49.3 Å². The van der Waals surface area contributed by atoms with Crippen molar-refractivity contribution in [2.45, 2.75) is 0 Å². The Balaban J connectivity index is 1.20. The van der Waals surface area contributed by atoms with Crippen LogP contribution in [0, 0.1) is 0 Å². The smallest absolute Gasteiger partial charge is 0.178 e. The number of hydrogen-bond donors (Lipinski definition) is 0. The molecule has 0 bridgehead atoms. The molecule has 12 rings (SSSR count). The second-order valence-electron chi connectivity index (χ2n) is 14.4. The van der Waals surface area contributed by atoms with Crippen molar-refractivity contribution >= 4 is 76.3 Å². The fraction of sp³-hybridized carbons (Fsp3) is 0. The van der Waals surface area contributed by atoms with Gasteiger partial charge in [-0.1, -0.05) is 146 Å². The van der Waals surface area contributed by atoms with Crippen molar-refractivity contribution in [3.05, 3.63) is 188 Å². The van der Waals surface area contributed by atoms with Gasteiger partial charge >= 0.3 is 0 Å². The summed E-state index contributed by atoms with van der Waals surface area (Å²) in [5.41, 5.74) is 11.6. The van der Waals surface area contributed by atoms with E-state index < -0.39 is 0 Å². The number of aromatic nitrogens is 1. The van der Waals surface area contributed by atoms with Crippen molar-refractivity contribution in [2.75, 3.05) is 0 Å². The third-order valence-electron chi connectivity index (χ3n) is 11.4. The van der Waals surface area contributed by atoms with E-state index in [0.717, 1.165) is 61.0 Å². The molecule has 12 aromatic rings. The third-order valence-corrected chi connectivity index (χ3v) is 11.4. The highest BCUT2D eigenvalue weighted by Gasteiger charge is 2.26. The summed E-state index contributed by atoms with van der Waals surface area (Å²) in [6.45, 7) is 0. The topological polar surface area (TPSA) is 31.2 Å². The maximum Gasteiger partial charge on any atom is 0.178 e. The molecule has 9 aromatic carbocycles. The fourth-order valence-corrected chi connectivity index (χ4v) is 9.07. The summed E-state index contributed by atoms with van der Waals surface area (Å²) in [4.78, 5) is 0. The highest BCUT2D eigenvalue weighted by molar-refractivity contribution is 6.27. The molecule has 0 unspecified atom stereocenters. The molecule has 0 aliphatic heterocycles. The molecule has 3 aromatic heterocycles. The van der Waals surface area contributed by atoms with E-state index >= 15 is 0 Å². The van der Waals surface area contributed by atoms with Gasteiger partial charge in [-0.3, -0.25) is 0 Å². The molecule has 0 N–H and O–H groups in total. The van der Waals surface area contributed by atoms with Gasteiger partial charge in [0.15, 0.2) is 11.2 Å². The van der Waals surface area contributed by atoms with Gasteiger partial charge in [-0.25, -0.2) is 0 Å². The Bertz CT molecular complexity index is 3420. The SMILES string of the molecule is c1ccc(-c2oc3c(ccc4c5ccccc5oc43)c2-c2c3ccccc3c(-c3ccc4c5ccccc5n(-c5ccccc5)c4c3)c3ccccc23)cc1. The van der Waals surface area contributed by atoms with E-state index in [-0.39, 0.29) is 0 Å². The average Bonchev–Trinajstić information content (AvgIpc) is 3.93. The van der Waals surface area contributed by atoms with Crippen LogP contribution in [0.2, 0.25) is 0 Å². The lowest BCUT2D eigenvalue weighted by Gasteiger charge is -2.18. The van der Waals surface area contributed by atoms with Gasteiger partial charge in [0.1, 0.15) is 11.3 Å². The molecule has 0 fully saturated rings. The van der Waals surface area contributed by atoms with E-state index in [9.17, 15) is 0 Å². The molecule has 0 spiro atoms. The van der Waals surface area contributed by atoms with Crippen molar-refractivity contribution in [1.82, 2.24) is 4.57 Å². The summed E-state index contributed by atoms with van der Waals surface area (Å²) < 4.78 is 16.0. The number of hydrogen-bond acceptors (Lipinski definition) is 2. The minimum Gasteiger partial charge on any atom is -0.452 e. The average molecular weight is 702 g/mol. The molecule has 256 valence electrons. The molecule has 0 amide bonds. The van der Waals surface area contributed by atoms with E-state index in [1.165, 1.54) is 54.5 Å². The maximum absolute atomic E-state index is 7.03. The molecule has 0 saturated heterocycles. The van der Waals surface area contributed by atoms with E-state index in [4.69, 9.17) is 8.83 Å². The number of furan rings is 2. The largest absolute Gasteiger partial charge is 0.452 e. The lowest BCUT2D eigenvalue weighted by atomic mass is 9.84. The van der Waals surface area contributed by atoms with E-state index in [0.29, 0.717) is 0 Å². The van der Waals surface area contributed by atoms with E-state index in [1.54, 1.807) is 0 Å². The Morgan fingerprint density at radius 2 is 0.836 bits per heavy atom. The standard InChI is InChI=1S/C52H31NO2/c1-3-15-32(16-4-1)50-49(43-30-29-42-37-20-12-14-26-46(37)54-51(42)52(43)55-50)48-40-23-9-7-21-38(40)47(39-22-8-10-24-41(39)48)33-27-28-36-35-19-11-13-25-44(35)53(45(36)31-33)34-17-5-2-6-18-34/h1-31H. The van der Waals surface area contributed by atoms with Gasteiger partial charge < -0.3 is 13.4 Å². The maximum atomic E-state index is 7.03. The number of fused-ring (bicyclic) bond motifs is 10. The van der Waals surface area contributed by atoms with Crippen LogP contribution < -0.4 is 0 Å². The molecular formula is C52H31NO2. The van der Waals surface area contributed by atoms with Crippen LogP contribution in [0.15, 0.2) is 197 Å². The Hall–Kier alpha value is -7.36. The van der Waals surface area contributed by atoms with E-state index in [1.807, 2.05) is 12.1 Å². The molecule has 0 aliphatic carbocycles. The Labute approximate surface area is 315 Å². The first-order valence-corrected chi connectivity index (χ1v) is 18.8. The molecule has 3 heterocycles. The van der Waals surface area contributed by atoms with Crippen LogP contribution in [0.25, 0.3) is 116 Å².